The first-order chi connectivity index (χ1) is 13.1. The highest BCUT2D eigenvalue weighted by Gasteiger charge is 2.28. The Kier molecular flexibility index (Phi) is 4.93. The van der Waals surface area contributed by atoms with Crippen molar-refractivity contribution in [1.82, 2.24) is 24.6 Å². The van der Waals surface area contributed by atoms with Gasteiger partial charge in [-0.3, -0.25) is 4.79 Å². The molecule has 1 aliphatic carbocycles. The van der Waals surface area contributed by atoms with Gasteiger partial charge in [0.25, 0.3) is 5.56 Å². The topological polar surface area (TPSA) is 93.1 Å². The second kappa shape index (κ2) is 7.36. The van der Waals surface area contributed by atoms with Crippen LogP contribution in [0.1, 0.15) is 68.4 Å². The average Bonchev–Trinajstić information content (AvgIpc) is 3.05. The largest absolute Gasteiger partial charge is 0.528 e. The van der Waals surface area contributed by atoms with E-state index < -0.39 is 6.09 Å². The molecule has 142 valence electrons. The molecule has 0 spiro atoms. The standard InChI is InChI=1S/C18H24BN5O3/c1-11-14-16(24(22-11)13-7-3-2-4-8-13)20-15(21-17(14)25)12-6-5-9-23(10-12)18(26)27-19/h12-13H,2-10H2,1H3,(H,20,21,25). The number of carbonyl (C=O) groups is 1. The molecular formula is C18H24BN5O3. The number of aryl methyl sites for hydroxylation is 1. The predicted molar refractivity (Wildman–Crippen MR) is 101 cm³/mol. The minimum Gasteiger partial charge on any atom is -0.528 e. The summed E-state index contributed by atoms with van der Waals surface area (Å²) in [5.41, 5.74) is 1.22. The first-order valence-corrected chi connectivity index (χ1v) is 9.73. The second-order valence-electron chi connectivity index (χ2n) is 7.64. The van der Waals surface area contributed by atoms with Gasteiger partial charge in [-0.2, -0.15) is 5.10 Å². The number of hydrogen-bond acceptors (Lipinski definition) is 5. The van der Waals surface area contributed by atoms with Crippen molar-refractivity contribution in [2.24, 2.45) is 0 Å². The van der Waals surface area contributed by atoms with Crippen molar-refractivity contribution in [3.63, 3.8) is 0 Å². The van der Waals surface area contributed by atoms with E-state index in [9.17, 15) is 9.59 Å². The fourth-order valence-corrected chi connectivity index (χ4v) is 4.44. The Morgan fingerprint density at radius 3 is 2.74 bits per heavy atom. The number of nitrogens with zero attached hydrogens (tertiary/aromatic N) is 4. The Morgan fingerprint density at radius 1 is 1.22 bits per heavy atom. The Bertz CT molecular complexity index is 902. The van der Waals surface area contributed by atoms with Crippen molar-refractivity contribution in [2.45, 2.75) is 63.8 Å². The summed E-state index contributed by atoms with van der Waals surface area (Å²) in [6.07, 6.45) is 6.86. The van der Waals surface area contributed by atoms with E-state index in [0.29, 0.717) is 41.7 Å². The number of piperidine rings is 1. The molecule has 2 radical (unpaired) electrons. The zero-order chi connectivity index (χ0) is 19.0. The number of hydrogen-bond donors (Lipinski definition) is 1. The normalized spacial score (nSPS) is 21.5. The van der Waals surface area contributed by atoms with Crippen LogP contribution >= 0.6 is 0 Å². The van der Waals surface area contributed by atoms with Gasteiger partial charge in [-0.1, -0.05) is 19.3 Å². The van der Waals surface area contributed by atoms with E-state index in [1.54, 1.807) is 4.90 Å². The third kappa shape index (κ3) is 3.35. The van der Waals surface area contributed by atoms with Gasteiger partial charge >= 0.3 is 14.1 Å². The van der Waals surface area contributed by atoms with Crippen LogP contribution in [0.4, 0.5) is 4.79 Å². The van der Waals surface area contributed by atoms with Crippen molar-refractivity contribution in [1.29, 1.82) is 0 Å². The molecular weight excluding hydrogens is 345 g/mol. The molecule has 1 unspecified atom stereocenters. The SMILES string of the molecule is [B]OC(=O)N1CCCC(c2nc3c(c(C)nn3C3CCCCC3)c(=O)[nH]2)C1. The zero-order valence-electron chi connectivity index (χ0n) is 15.6. The van der Waals surface area contributed by atoms with Gasteiger partial charge in [-0.15, -0.1) is 0 Å². The molecule has 1 aliphatic heterocycles. The molecule has 2 aromatic heterocycles. The number of rotatable bonds is 2. The van der Waals surface area contributed by atoms with Crippen LogP contribution in [0.15, 0.2) is 4.79 Å². The van der Waals surface area contributed by atoms with Crippen LogP contribution in [0, 0.1) is 6.92 Å². The van der Waals surface area contributed by atoms with Crippen LogP contribution in [-0.4, -0.2) is 51.9 Å². The zero-order valence-corrected chi connectivity index (χ0v) is 15.6. The maximum absolute atomic E-state index is 12.8. The quantitative estimate of drug-likeness (QED) is 0.821. The highest BCUT2D eigenvalue weighted by Crippen LogP contribution is 2.31. The van der Waals surface area contributed by atoms with E-state index >= 15 is 0 Å². The summed E-state index contributed by atoms with van der Waals surface area (Å²) in [5.74, 6) is 0.559. The number of carbonyl (C=O) groups excluding carboxylic acids is 1. The van der Waals surface area contributed by atoms with Gasteiger partial charge in [0.1, 0.15) is 11.2 Å². The van der Waals surface area contributed by atoms with E-state index in [2.05, 4.69) is 14.7 Å². The molecule has 2 aromatic rings. The lowest BCUT2D eigenvalue weighted by molar-refractivity contribution is 0.139. The first kappa shape index (κ1) is 18.1. The van der Waals surface area contributed by atoms with Gasteiger partial charge in [0.2, 0.25) is 0 Å². The highest BCUT2D eigenvalue weighted by atomic mass is 16.5. The van der Waals surface area contributed by atoms with Crippen LogP contribution in [0.3, 0.4) is 0 Å². The summed E-state index contributed by atoms with van der Waals surface area (Å²) in [7, 11) is 5.01. The smallest absolute Gasteiger partial charge is 0.391 e. The molecule has 4 rings (SSSR count). The minimum absolute atomic E-state index is 0.0510. The van der Waals surface area contributed by atoms with Crippen molar-refractivity contribution in [3.8, 4) is 0 Å². The van der Waals surface area contributed by atoms with E-state index in [1.807, 2.05) is 11.6 Å². The minimum atomic E-state index is -0.550. The summed E-state index contributed by atoms with van der Waals surface area (Å²) in [6, 6.07) is 0.298. The van der Waals surface area contributed by atoms with E-state index in [1.165, 1.54) is 19.3 Å². The lowest BCUT2D eigenvalue weighted by Crippen LogP contribution is -2.40. The van der Waals surface area contributed by atoms with Crippen molar-refractivity contribution < 1.29 is 9.45 Å². The molecule has 27 heavy (non-hydrogen) atoms. The van der Waals surface area contributed by atoms with E-state index in [4.69, 9.17) is 13.0 Å². The van der Waals surface area contributed by atoms with Crippen LogP contribution in [-0.2, 0) is 4.65 Å². The molecule has 3 heterocycles. The van der Waals surface area contributed by atoms with Gasteiger partial charge in [0.05, 0.1) is 11.7 Å². The van der Waals surface area contributed by atoms with Gasteiger partial charge in [-0.25, -0.2) is 14.5 Å². The van der Waals surface area contributed by atoms with Gasteiger partial charge in [0, 0.05) is 19.0 Å². The average molecular weight is 369 g/mol. The number of H-pyrrole nitrogens is 1. The molecule has 2 fully saturated rings. The highest BCUT2D eigenvalue weighted by molar-refractivity contribution is 6.05. The van der Waals surface area contributed by atoms with Gasteiger partial charge < -0.3 is 14.5 Å². The predicted octanol–water partition coefficient (Wildman–Crippen LogP) is 2.33. The summed E-state index contributed by atoms with van der Waals surface area (Å²) < 4.78 is 6.31. The number of likely N-dealkylation sites (tertiary alicyclic amines) is 1. The molecule has 1 saturated carbocycles. The number of aromatic amines is 1. The maximum atomic E-state index is 12.8. The van der Waals surface area contributed by atoms with Gasteiger partial charge in [-0.05, 0) is 32.6 Å². The summed E-state index contributed by atoms with van der Waals surface area (Å²) in [6.45, 7) is 2.89. The number of fused-ring (bicyclic) bond motifs is 1. The van der Waals surface area contributed by atoms with Crippen molar-refractivity contribution >= 4 is 25.2 Å². The molecule has 1 saturated heterocycles. The van der Waals surface area contributed by atoms with Crippen LogP contribution in [0.2, 0.25) is 0 Å². The van der Waals surface area contributed by atoms with E-state index in [-0.39, 0.29) is 11.5 Å². The molecule has 8 nitrogen and oxygen atoms in total. The number of aromatic nitrogens is 4. The third-order valence-electron chi connectivity index (χ3n) is 5.84. The van der Waals surface area contributed by atoms with Crippen LogP contribution < -0.4 is 5.56 Å². The Labute approximate surface area is 158 Å². The fourth-order valence-electron chi connectivity index (χ4n) is 4.44. The molecule has 9 heteroatoms. The molecule has 1 N–H and O–H groups in total. The lowest BCUT2D eigenvalue weighted by Gasteiger charge is -2.31. The Hall–Kier alpha value is -2.32. The van der Waals surface area contributed by atoms with Crippen LogP contribution in [0.5, 0.6) is 0 Å². The van der Waals surface area contributed by atoms with Crippen LogP contribution in [0.25, 0.3) is 11.0 Å². The van der Waals surface area contributed by atoms with Crippen molar-refractivity contribution in [3.05, 3.63) is 21.9 Å². The second-order valence-corrected chi connectivity index (χ2v) is 7.64. The molecule has 2 aliphatic rings. The molecule has 1 amide bonds. The Balaban J connectivity index is 1.72. The molecule has 1 atom stereocenters. The van der Waals surface area contributed by atoms with Crippen molar-refractivity contribution in [2.75, 3.05) is 13.1 Å². The molecule has 0 bridgehead atoms. The Morgan fingerprint density at radius 2 is 2.00 bits per heavy atom. The number of amides is 1. The first-order valence-electron chi connectivity index (χ1n) is 9.73. The van der Waals surface area contributed by atoms with E-state index in [0.717, 1.165) is 25.7 Å². The monoisotopic (exact) mass is 369 g/mol. The molecule has 0 aromatic carbocycles. The summed E-state index contributed by atoms with van der Waals surface area (Å²) in [5, 5.41) is 5.22. The maximum Gasteiger partial charge on any atom is 0.391 e. The lowest BCUT2D eigenvalue weighted by atomic mass is 9.95. The summed E-state index contributed by atoms with van der Waals surface area (Å²) in [4.78, 5) is 33.8. The van der Waals surface area contributed by atoms with Gasteiger partial charge in [0.15, 0.2) is 5.65 Å². The number of nitrogens with one attached hydrogen (secondary N) is 1. The summed E-state index contributed by atoms with van der Waals surface area (Å²) >= 11 is 0. The fraction of sp³-hybridized carbons (Fsp3) is 0.667. The third-order valence-corrected chi connectivity index (χ3v) is 5.84.